The molecule has 7 heteroatoms. The molecule has 1 atom stereocenters. The number of halogens is 1. The largest absolute Gasteiger partial charge is 0.276 e. The zero-order valence-electron chi connectivity index (χ0n) is 12.3. The van der Waals surface area contributed by atoms with E-state index in [4.69, 9.17) is 11.6 Å². The topological polar surface area (TPSA) is 55.2 Å². The zero-order chi connectivity index (χ0) is 15.7. The van der Waals surface area contributed by atoms with Gasteiger partial charge in [-0.15, -0.1) is 0 Å². The maximum atomic E-state index is 12.8. The van der Waals surface area contributed by atoms with Crippen LogP contribution in [-0.2, 0) is 17.1 Å². The first-order valence-electron chi connectivity index (χ1n) is 7.22. The summed E-state index contributed by atoms with van der Waals surface area (Å²) in [7, 11) is -1.64. The molecule has 5 nitrogen and oxygen atoms in total. The van der Waals surface area contributed by atoms with E-state index in [1.54, 1.807) is 27.2 Å². The average molecular weight is 340 g/mol. The minimum Gasteiger partial charge on any atom is -0.276 e. The van der Waals surface area contributed by atoms with Gasteiger partial charge in [0.2, 0.25) is 10.0 Å². The van der Waals surface area contributed by atoms with Crippen molar-refractivity contribution in [2.75, 3.05) is 13.1 Å². The molecule has 0 radical (unpaired) electrons. The van der Waals surface area contributed by atoms with Gasteiger partial charge in [-0.25, -0.2) is 8.42 Å². The first-order valence-corrected chi connectivity index (χ1v) is 9.04. The lowest BCUT2D eigenvalue weighted by Crippen LogP contribution is -2.39. The molecular weight excluding hydrogens is 322 g/mol. The summed E-state index contributed by atoms with van der Waals surface area (Å²) in [5, 5.41) is 4.84. The number of aromatic nitrogens is 2. The van der Waals surface area contributed by atoms with Crippen molar-refractivity contribution in [3.05, 3.63) is 47.2 Å². The molecule has 1 aliphatic heterocycles. The molecule has 118 valence electrons. The van der Waals surface area contributed by atoms with Gasteiger partial charge < -0.3 is 0 Å². The lowest BCUT2D eigenvalue weighted by Gasteiger charge is -2.31. The molecule has 0 bridgehead atoms. The number of piperidine rings is 1. The summed E-state index contributed by atoms with van der Waals surface area (Å²) in [6.45, 7) is 1.00. The standard InChI is InChI=1S/C15H18ClN3O2S/c1-18-9-7-15(17-18)12-4-3-8-19(11-12)22(20,21)14-6-2-5-13(16)10-14/h2,5-7,9-10,12H,3-4,8,11H2,1H3. The Kier molecular flexibility index (Phi) is 4.25. The molecule has 2 heterocycles. The maximum Gasteiger partial charge on any atom is 0.243 e. The molecule has 2 aromatic rings. The third-order valence-electron chi connectivity index (χ3n) is 3.97. The monoisotopic (exact) mass is 339 g/mol. The molecule has 1 aromatic heterocycles. The Morgan fingerprint density at radius 3 is 2.82 bits per heavy atom. The third-order valence-corrected chi connectivity index (χ3v) is 6.07. The van der Waals surface area contributed by atoms with E-state index in [1.807, 2.05) is 19.3 Å². The van der Waals surface area contributed by atoms with Gasteiger partial charge in [-0.3, -0.25) is 4.68 Å². The van der Waals surface area contributed by atoms with E-state index in [-0.39, 0.29) is 10.8 Å². The van der Waals surface area contributed by atoms with Crippen molar-refractivity contribution in [2.24, 2.45) is 7.05 Å². The highest BCUT2D eigenvalue weighted by Crippen LogP contribution is 2.29. The fraction of sp³-hybridized carbons (Fsp3) is 0.400. The molecule has 1 aromatic carbocycles. The minimum atomic E-state index is -3.50. The number of hydrogen-bond donors (Lipinski definition) is 0. The molecule has 0 amide bonds. The van der Waals surface area contributed by atoms with E-state index < -0.39 is 10.0 Å². The number of aryl methyl sites for hydroxylation is 1. The molecule has 1 saturated heterocycles. The SMILES string of the molecule is Cn1ccc(C2CCCN(S(=O)(=O)c3cccc(Cl)c3)C2)n1. The smallest absolute Gasteiger partial charge is 0.243 e. The third kappa shape index (κ3) is 3.04. The normalized spacial score (nSPS) is 20.2. The Hall–Kier alpha value is -1.37. The molecular formula is C15H18ClN3O2S. The Bertz CT molecular complexity index is 773. The Morgan fingerprint density at radius 1 is 1.32 bits per heavy atom. The van der Waals surface area contributed by atoms with Crippen LogP contribution in [0.25, 0.3) is 0 Å². The van der Waals surface area contributed by atoms with E-state index in [0.717, 1.165) is 18.5 Å². The number of sulfonamides is 1. The van der Waals surface area contributed by atoms with Crippen LogP contribution in [0.15, 0.2) is 41.4 Å². The molecule has 1 unspecified atom stereocenters. The predicted molar refractivity (Wildman–Crippen MR) is 85.4 cm³/mol. The molecule has 1 fully saturated rings. The number of nitrogens with zero attached hydrogens (tertiary/aromatic N) is 3. The number of rotatable bonds is 3. The van der Waals surface area contributed by atoms with Gasteiger partial charge >= 0.3 is 0 Å². The second-order valence-corrected chi connectivity index (χ2v) is 7.95. The maximum absolute atomic E-state index is 12.8. The van der Waals surface area contributed by atoms with E-state index in [2.05, 4.69) is 5.10 Å². The fourth-order valence-electron chi connectivity index (χ4n) is 2.83. The highest BCUT2D eigenvalue weighted by atomic mass is 35.5. The van der Waals surface area contributed by atoms with Gasteiger partial charge in [-0.05, 0) is 37.1 Å². The van der Waals surface area contributed by atoms with Crippen LogP contribution in [0.2, 0.25) is 5.02 Å². The van der Waals surface area contributed by atoms with Gasteiger partial charge in [0.15, 0.2) is 0 Å². The first kappa shape index (κ1) is 15.5. The number of hydrogen-bond acceptors (Lipinski definition) is 3. The van der Waals surface area contributed by atoms with E-state index in [0.29, 0.717) is 18.1 Å². The summed E-state index contributed by atoms with van der Waals surface area (Å²) in [6, 6.07) is 8.38. The van der Waals surface area contributed by atoms with Crippen LogP contribution in [0.3, 0.4) is 0 Å². The van der Waals surface area contributed by atoms with Crippen LogP contribution < -0.4 is 0 Å². The summed E-state index contributed by atoms with van der Waals surface area (Å²) in [5.41, 5.74) is 0.952. The van der Waals surface area contributed by atoms with Crippen molar-refractivity contribution < 1.29 is 8.42 Å². The van der Waals surface area contributed by atoms with Crippen LogP contribution in [0.4, 0.5) is 0 Å². The van der Waals surface area contributed by atoms with Gasteiger partial charge in [0.25, 0.3) is 0 Å². The van der Waals surface area contributed by atoms with Crippen LogP contribution in [0.5, 0.6) is 0 Å². The van der Waals surface area contributed by atoms with Crippen molar-refractivity contribution in [3.63, 3.8) is 0 Å². The summed E-state index contributed by atoms with van der Waals surface area (Å²) >= 11 is 5.92. The molecule has 0 saturated carbocycles. The highest BCUT2D eigenvalue weighted by molar-refractivity contribution is 7.89. The van der Waals surface area contributed by atoms with Crippen molar-refractivity contribution >= 4 is 21.6 Å². The van der Waals surface area contributed by atoms with E-state index in [1.165, 1.54) is 6.07 Å². The lowest BCUT2D eigenvalue weighted by molar-refractivity contribution is 0.312. The zero-order valence-corrected chi connectivity index (χ0v) is 13.9. The first-order chi connectivity index (χ1) is 10.5. The van der Waals surface area contributed by atoms with Gasteiger partial charge in [-0.2, -0.15) is 9.40 Å². The van der Waals surface area contributed by atoms with Crippen molar-refractivity contribution in [2.45, 2.75) is 23.7 Å². The molecule has 3 rings (SSSR count). The van der Waals surface area contributed by atoms with E-state index >= 15 is 0 Å². The Morgan fingerprint density at radius 2 is 2.14 bits per heavy atom. The van der Waals surface area contributed by atoms with Crippen molar-refractivity contribution in [3.8, 4) is 0 Å². The molecule has 0 spiro atoms. The van der Waals surface area contributed by atoms with Gasteiger partial charge in [0, 0.05) is 37.3 Å². The van der Waals surface area contributed by atoms with Gasteiger partial charge in [0.1, 0.15) is 0 Å². The van der Waals surface area contributed by atoms with Gasteiger partial charge in [-0.1, -0.05) is 17.7 Å². The van der Waals surface area contributed by atoms with Crippen LogP contribution >= 0.6 is 11.6 Å². The minimum absolute atomic E-state index is 0.143. The second-order valence-electron chi connectivity index (χ2n) is 5.57. The van der Waals surface area contributed by atoms with Crippen LogP contribution in [0, 0.1) is 0 Å². The molecule has 1 aliphatic rings. The van der Waals surface area contributed by atoms with Crippen LogP contribution in [-0.4, -0.2) is 35.6 Å². The second kappa shape index (κ2) is 6.02. The Labute approximate surface area is 135 Å². The molecule has 0 N–H and O–H groups in total. The average Bonchev–Trinajstić information content (AvgIpc) is 2.94. The Balaban J connectivity index is 1.85. The lowest BCUT2D eigenvalue weighted by atomic mass is 9.96. The van der Waals surface area contributed by atoms with Crippen molar-refractivity contribution in [1.82, 2.24) is 14.1 Å². The molecule has 22 heavy (non-hydrogen) atoms. The summed E-state index contributed by atoms with van der Waals surface area (Å²) in [6.07, 6.45) is 3.68. The quantitative estimate of drug-likeness (QED) is 0.863. The fourth-order valence-corrected chi connectivity index (χ4v) is 4.65. The van der Waals surface area contributed by atoms with Crippen molar-refractivity contribution in [1.29, 1.82) is 0 Å². The summed E-state index contributed by atoms with van der Waals surface area (Å²) in [4.78, 5) is 0.252. The molecule has 0 aliphatic carbocycles. The van der Waals surface area contributed by atoms with Crippen LogP contribution in [0.1, 0.15) is 24.5 Å². The summed E-state index contributed by atoms with van der Waals surface area (Å²) < 4.78 is 28.8. The van der Waals surface area contributed by atoms with Gasteiger partial charge in [0.05, 0.1) is 10.6 Å². The van der Waals surface area contributed by atoms with E-state index in [9.17, 15) is 8.42 Å². The summed E-state index contributed by atoms with van der Waals surface area (Å²) in [5.74, 6) is 0.143. The highest BCUT2D eigenvalue weighted by Gasteiger charge is 2.31. The number of benzene rings is 1. The predicted octanol–water partition coefficient (Wildman–Crippen LogP) is 2.64.